The molecule has 3 rings (SSSR count). The van der Waals surface area contributed by atoms with Crippen molar-refractivity contribution in [2.75, 3.05) is 0 Å². The van der Waals surface area contributed by atoms with Crippen LogP contribution in [0.3, 0.4) is 0 Å². The zero-order chi connectivity index (χ0) is 13.4. The Morgan fingerprint density at radius 3 is 2.79 bits per heavy atom. The molecule has 0 bridgehead atoms. The average molecular weight is 288 g/mol. The van der Waals surface area contributed by atoms with E-state index >= 15 is 0 Å². The number of benzene rings is 2. The van der Waals surface area contributed by atoms with Crippen molar-refractivity contribution in [3.63, 3.8) is 0 Å². The molecule has 0 aliphatic heterocycles. The number of halogens is 1. The monoisotopic (exact) mass is 287 g/mol. The van der Waals surface area contributed by atoms with Gasteiger partial charge in [-0.15, -0.1) is 11.3 Å². The van der Waals surface area contributed by atoms with Crippen molar-refractivity contribution in [3.05, 3.63) is 69.6 Å². The summed E-state index contributed by atoms with van der Waals surface area (Å²) in [5.74, 6) is 0. The lowest BCUT2D eigenvalue weighted by atomic mass is 9.95. The summed E-state index contributed by atoms with van der Waals surface area (Å²) in [6, 6.07) is 14.2. The highest BCUT2D eigenvalue weighted by molar-refractivity contribution is 7.17. The van der Waals surface area contributed by atoms with Gasteiger partial charge in [-0.1, -0.05) is 35.9 Å². The number of aryl methyl sites for hydroxylation is 1. The van der Waals surface area contributed by atoms with Crippen LogP contribution in [0.25, 0.3) is 10.1 Å². The van der Waals surface area contributed by atoms with E-state index in [1.807, 2.05) is 18.2 Å². The van der Waals surface area contributed by atoms with Gasteiger partial charge in [0.15, 0.2) is 0 Å². The van der Waals surface area contributed by atoms with E-state index in [1.54, 1.807) is 11.3 Å². The quantitative estimate of drug-likeness (QED) is 0.712. The van der Waals surface area contributed by atoms with E-state index in [1.165, 1.54) is 15.6 Å². The number of hydrogen-bond donors (Lipinski definition) is 1. The minimum atomic E-state index is -0.138. The fourth-order valence-corrected chi connectivity index (χ4v) is 3.51. The standard InChI is InChI=1S/C16H14ClNS/c1-10-5-6-12(17)9-14(10)15(18)13-4-2-3-11-7-8-19-16(11)13/h2-9,15H,18H2,1H3. The zero-order valence-corrected chi connectivity index (χ0v) is 12.1. The number of rotatable bonds is 2. The first-order valence-electron chi connectivity index (χ1n) is 6.14. The fourth-order valence-electron chi connectivity index (χ4n) is 2.38. The Morgan fingerprint density at radius 2 is 1.95 bits per heavy atom. The van der Waals surface area contributed by atoms with Gasteiger partial charge in [0.2, 0.25) is 0 Å². The lowest BCUT2D eigenvalue weighted by Crippen LogP contribution is -2.13. The smallest absolute Gasteiger partial charge is 0.0569 e. The van der Waals surface area contributed by atoms with Gasteiger partial charge < -0.3 is 5.73 Å². The molecule has 1 aromatic heterocycles. The number of hydrogen-bond acceptors (Lipinski definition) is 2. The number of nitrogens with two attached hydrogens (primary N) is 1. The normalized spacial score (nSPS) is 12.8. The van der Waals surface area contributed by atoms with Crippen LogP contribution >= 0.6 is 22.9 Å². The number of fused-ring (bicyclic) bond motifs is 1. The van der Waals surface area contributed by atoms with Crippen molar-refractivity contribution in [3.8, 4) is 0 Å². The van der Waals surface area contributed by atoms with Crippen molar-refractivity contribution >= 4 is 33.0 Å². The van der Waals surface area contributed by atoms with Crippen LogP contribution in [0.4, 0.5) is 0 Å². The lowest BCUT2D eigenvalue weighted by molar-refractivity contribution is 0.872. The Hall–Kier alpha value is -1.35. The first-order valence-corrected chi connectivity index (χ1v) is 7.40. The summed E-state index contributed by atoms with van der Waals surface area (Å²) in [5, 5.41) is 4.08. The highest BCUT2D eigenvalue weighted by Gasteiger charge is 2.15. The summed E-state index contributed by atoms with van der Waals surface area (Å²) in [6.45, 7) is 2.07. The first-order chi connectivity index (χ1) is 9.16. The molecular formula is C16H14ClNS. The van der Waals surface area contributed by atoms with Gasteiger partial charge in [0.1, 0.15) is 0 Å². The summed E-state index contributed by atoms with van der Waals surface area (Å²) >= 11 is 7.83. The van der Waals surface area contributed by atoms with Crippen molar-refractivity contribution in [2.45, 2.75) is 13.0 Å². The van der Waals surface area contributed by atoms with Gasteiger partial charge in [-0.05, 0) is 52.6 Å². The molecular weight excluding hydrogens is 274 g/mol. The molecule has 0 aliphatic carbocycles. The Labute approximate surface area is 121 Å². The molecule has 1 heterocycles. The predicted molar refractivity (Wildman–Crippen MR) is 84.0 cm³/mol. The van der Waals surface area contributed by atoms with Crippen LogP contribution in [0.15, 0.2) is 47.8 Å². The second-order valence-electron chi connectivity index (χ2n) is 4.66. The molecule has 19 heavy (non-hydrogen) atoms. The van der Waals surface area contributed by atoms with Gasteiger partial charge >= 0.3 is 0 Å². The molecule has 1 atom stereocenters. The van der Waals surface area contributed by atoms with Crippen LogP contribution in [0.1, 0.15) is 22.7 Å². The molecule has 2 aromatic carbocycles. The third-order valence-corrected chi connectivity index (χ3v) is 4.64. The first kappa shape index (κ1) is 12.7. The summed E-state index contributed by atoms with van der Waals surface area (Å²) in [4.78, 5) is 0. The molecule has 0 saturated heterocycles. The molecule has 1 nitrogen and oxygen atoms in total. The van der Waals surface area contributed by atoms with Crippen LogP contribution in [-0.2, 0) is 0 Å². The summed E-state index contributed by atoms with van der Waals surface area (Å²) in [6.07, 6.45) is 0. The van der Waals surface area contributed by atoms with Gasteiger partial charge in [-0.2, -0.15) is 0 Å². The predicted octanol–water partition coefficient (Wildman–Crippen LogP) is 4.91. The molecule has 3 aromatic rings. The van der Waals surface area contributed by atoms with E-state index in [0.717, 1.165) is 16.1 Å². The third-order valence-electron chi connectivity index (χ3n) is 3.42. The lowest BCUT2D eigenvalue weighted by Gasteiger charge is -2.16. The fraction of sp³-hybridized carbons (Fsp3) is 0.125. The highest BCUT2D eigenvalue weighted by atomic mass is 35.5. The van der Waals surface area contributed by atoms with Crippen LogP contribution in [-0.4, -0.2) is 0 Å². The Morgan fingerprint density at radius 1 is 1.11 bits per heavy atom. The number of thiophene rings is 1. The van der Waals surface area contributed by atoms with Crippen LogP contribution in [0, 0.1) is 6.92 Å². The SMILES string of the molecule is Cc1ccc(Cl)cc1C(N)c1cccc2ccsc12. The zero-order valence-electron chi connectivity index (χ0n) is 10.6. The van der Waals surface area contributed by atoms with Crippen molar-refractivity contribution < 1.29 is 0 Å². The summed E-state index contributed by atoms with van der Waals surface area (Å²) in [5.41, 5.74) is 9.89. The summed E-state index contributed by atoms with van der Waals surface area (Å²) in [7, 11) is 0. The Kier molecular flexibility index (Phi) is 3.31. The molecule has 0 spiro atoms. The molecule has 1 unspecified atom stereocenters. The minimum Gasteiger partial charge on any atom is -0.320 e. The van der Waals surface area contributed by atoms with E-state index in [0.29, 0.717) is 0 Å². The largest absolute Gasteiger partial charge is 0.320 e. The van der Waals surface area contributed by atoms with Crippen molar-refractivity contribution in [1.82, 2.24) is 0 Å². The third kappa shape index (κ3) is 2.27. The molecule has 0 amide bonds. The average Bonchev–Trinajstić information content (AvgIpc) is 2.89. The van der Waals surface area contributed by atoms with Gasteiger partial charge in [0, 0.05) is 9.72 Å². The second kappa shape index (κ2) is 4.97. The molecule has 2 N–H and O–H groups in total. The molecule has 0 radical (unpaired) electrons. The molecule has 0 saturated carbocycles. The molecule has 0 aliphatic rings. The molecule has 3 heteroatoms. The minimum absolute atomic E-state index is 0.138. The second-order valence-corrected chi connectivity index (χ2v) is 6.02. The topological polar surface area (TPSA) is 26.0 Å². The van der Waals surface area contributed by atoms with E-state index < -0.39 is 0 Å². The van der Waals surface area contributed by atoms with Crippen molar-refractivity contribution in [2.24, 2.45) is 5.73 Å². The van der Waals surface area contributed by atoms with E-state index in [-0.39, 0.29) is 6.04 Å². The van der Waals surface area contributed by atoms with Gasteiger partial charge in [-0.25, -0.2) is 0 Å². The van der Waals surface area contributed by atoms with Crippen LogP contribution < -0.4 is 5.73 Å². The maximum atomic E-state index is 6.46. The Bertz CT molecular complexity index is 732. The van der Waals surface area contributed by atoms with Gasteiger partial charge in [0.05, 0.1) is 6.04 Å². The van der Waals surface area contributed by atoms with Crippen LogP contribution in [0.2, 0.25) is 5.02 Å². The van der Waals surface area contributed by atoms with Gasteiger partial charge in [0.25, 0.3) is 0 Å². The molecule has 0 fully saturated rings. The van der Waals surface area contributed by atoms with E-state index in [4.69, 9.17) is 17.3 Å². The highest BCUT2D eigenvalue weighted by Crippen LogP contribution is 2.32. The maximum Gasteiger partial charge on any atom is 0.0569 e. The van der Waals surface area contributed by atoms with Crippen molar-refractivity contribution in [1.29, 1.82) is 0 Å². The van der Waals surface area contributed by atoms with E-state index in [2.05, 4.69) is 36.6 Å². The summed E-state index contributed by atoms with van der Waals surface area (Å²) < 4.78 is 1.26. The van der Waals surface area contributed by atoms with E-state index in [9.17, 15) is 0 Å². The van der Waals surface area contributed by atoms with Gasteiger partial charge in [-0.3, -0.25) is 0 Å². The maximum absolute atomic E-state index is 6.46. The van der Waals surface area contributed by atoms with Crippen LogP contribution in [0.5, 0.6) is 0 Å². The Balaban J connectivity index is 2.15. The molecule has 96 valence electrons.